The summed E-state index contributed by atoms with van der Waals surface area (Å²) in [5.74, 6) is -0.993. The normalized spacial score (nSPS) is 13.3. The number of tetrazole rings is 1. The van der Waals surface area contributed by atoms with Crippen LogP contribution in [0.3, 0.4) is 0 Å². The van der Waals surface area contributed by atoms with Crippen LogP contribution in [0.5, 0.6) is 5.75 Å². The second kappa shape index (κ2) is 14.1. The van der Waals surface area contributed by atoms with Gasteiger partial charge in [-0.3, -0.25) is 14.7 Å². The maximum atomic E-state index is 13.4. The number of Topliss-reactive ketones (excluding diaryl/α,β-unsaturated/α-hetero) is 1. The van der Waals surface area contributed by atoms with Gasteiger partial charge in [-0.05, 0) is 42.7 Å². The summed E-state index contributed by atoms with van der Waals surface area (Å²) in [4.78, 5) is 39.7. The van der Waals surface area contributed by atoms with Crippen molar-refractivity contribution in [2.45, 2.75) is 20.4 Å². The number of carbonyl (C=O) groups is 2. The first-order valence-electron chi connectivity index (χ1n) is 14.9. The number of benzene rings is 1. The molecule has 15 heteroatoms. The van der Waals surface area contributed by atoms with Gasteiger partial charge in [0.15, 0.2) is 0 Å². The number of nitrogens with one attached hydrogen (secondary N) is 3. The molecule has 1 fully saturated rings. The number of ketones is 1. The number of aromatic nitrogens is 8. The second-order valence-corrected chi connectivity index (χ2v) is 10.5. The van der Waals surface area contributed by atoms with E-state index in [4.69, 9.17) is 0 Å². The SMILES string of the molecule is CC.CN(C)CCNCc1cc(-c2ncc(O)c3c(C(=O)C(=O)N4CCN(c5nnnn5-c5ccccc5)CC4)c[nH]c23)n[nH]1. The molecule has 5 aromatic rings. The van der Waals surface area contributed by atoms with Gasteiger partial charge in [-0.1, -0.05) is 37.1 Å². The first-order chi connectivity index (χ1) is 21.9. The van der Waals surface area contributed by atoms with Gasteiger partial charge >= 0.3 is 0 Å². The summed E-state index contributed by atoms with van der Waals surface area (Å²) in [5, 5.41) is 33.7. The fourth-order valence-electron chi connectivity index (χ4n) is 5.09. The van der Waals surface area contributed by atoms with Crippen molar-refractivity contribution in [2.24, 2.45) is 0 Å². The summed E-state index contributed by atoms with van der Waals surface area (Å²) in [6, 6.07) is 11.4. The highest BCUT2D eigenvalue weighted by molar-refractivity contribution is 6.45. The zero-order valence-electron chi connectivity index (χ0n) is 25.9. The summed E-state index contributed by atoms with van der Waals surface area (Å²) in [6.45, 7) is 7.84. The Morgan fingerprint density at radius 1 is 1.09 bits per heavy atom. The number of aromatic amines is 2. The number of piperazine rings is 1. The molecule has 15 nitrogen and oxygen atoms in total. The van der Waals surface area contributed by atoms with Gasteiger partial charge in [0.25, 0.3) is 11.7 Å². The van der Waals surface area contributed by atoms with Crippen molar-refractivity contribution in [1.82, 2.24) is 55.5 Å². The highest BCUT2D eigenvalue weighted by atomic mass is 16.3. The minimum Gasteiger partial charge on any atom is -0.506 e. The summed E-state index contributed by atoms with van der Waals surface area (Å²) >= 11 is 0. The molecule has 45 heavy (non-hydrogen) atoms. The van der Waals surface area contributed by atoms with E-state index in [-0.39, 0.29) is 16.7 Å². The minimum atomic E-state index is -0.714. The third kappa shape index (κ3) is 6.68. The zero-order valence-corrected chi connectivity index (χ0v) is 25.9. The number of pyridine rings is 1. The molecule has 0 spiro atoms. The maximum Gasteiger partial charge on any atom is 0.295 e. The van der Waals surface area contributed by atoms with E-state index in [2.05, 4.69) is 45.9 Å². The largest absolute Gasteiger partial charge is 0.506 e. The van der Waals surface area contributed by atoms with Crippen LogP contribution >= 0.6 is 0 Å². The van der Waals surface area contributed by atoms with Gasteiger partial charge in [-0.25, -0.2) is 4.98 Å². The molecule has 0 bridgehead atoms. The third-order valence-corrected chi connectivity index (χ3v) is 7.36. The van der Waals surface area contributed by atoms with E-state index in [0.717, 1.165) is 24.5 Å². The molecule has 4 aromatic heterocycles. The van der Waals surface area contributed by atoms with E-state index in [0.29, 0.717) is 55.6 Å². The van der Waals surface area contributed by atoms with Crippen LogP contribution in [0.25, 0.3) is 28.0 Å². The monoisotopic (exact) mass is 614 g/mol. The highest BCUT2D eigenvalue weighted by Gasteiger charge is 2.31. The molecule has 0 unspecified atom stereocenters. The number of aromatic hydroxyl groups is 1. The Morgan fingerprint density at radius 2 is 1.84 bits per heavy atom. The van der Waals surface area contributed by atoms with Gasteiger partial charge in [0.2, 0.25) is 5.95 Å². The molecule has 0 saturated carbocycles. The molecule has 1 aromatic carbocycles. The van der Waals surface area contributed by atoms with E-state index in [9.17, 15) is 14.7 Å². The maximum absolute atomic E-state index is 13.4. The van der Waals surface area contributed by atoms with Crippen LogP contribution in [0.2, 0.25) is 0 Å². The quantitative estimate of drug-likeness (QED) is 0.103. The third-order valence-electron chi connectivity index (χ3n) is 7.36. The number of para-hydroxylation sites is 1. The van der Waals surface area contributed by atoms with E-state index in [1.165, 1.54) is 17.3 Å². The Hall–Kier alpha value is -5.15. The van der Waals surface area contributed by atoms with Gasteiger partial charge in [-0.15, -0.1) is 0 Å². The molecule has 1 aliphatic heterocycles. The Kier molecular flexibility index (Phi) is 9.79. The predicted octanol–water partition coefficient (Wildman–Crippen LogP) is 1.84. The van der Waals surface area contributed by atoms with Gasteiger partial charge in [0, 0.05) is 57.7 Å². The number of carbonyl (C=O) groups excluding carboxylic acids is 2. The molecule has 0 aliphatic carbocycles. The fraction of sp³-hybridized carbons (Fsp3) is 0.367. The van der Waals surface area contributed by atoms with Crippen molar-refractivity contribution in [3.63, 3.8) is 0 Å². The van der Waals surface area contributed by atoms with Gasteiger partial charge in [0.1, 0.15) is 17.1 Å². The number of nitrogens with zero attached hydrogens (tertiary/aromatic N) is 9. The lowest BCUT2D eigenvalue weighted by atomic mass is 10.1. The number of anilines is 1. The summed E-state index contributed by atoms with van der Waals surface area (Å²) < 4.78 is 1.65. The molecule has 236 valence electrons. The first kappa shape index (κ1) is 31.3. The Balaban J connectivity index is 0.00000196. The number of H-pyrrole nitrogens is 2. The molecule has 0 radical (unpaired) electrons. The van der Waals surface area contributed by atoms with Crippen LogP contribution in [0, 0.1) is 0 Å². The van der Waals surface area contributed by atoms with E-state index in [1.807, 2.05) is 69.2 Å². The molecule has 4 N–H and O–H groups in total. The Morgan fingerprint density at radius 3 is 2.58 bits per heavy atom. The number of likely N-dealkylation sites (N-methyl/N-ethyl adjacent to an activating group) is 1. The lowest BCUT2D eigenvalue weighted by molar-refractivity contribution is -0.126. The topological polar surface area (TPSA) is 177 Å². The van der Waals surface area contributed by atoms with Crippen molar-refractivity contribution in [1.29, 1.82) is 0 Å². The number of amides is 1. The molecular formula is C30H38N12O3. The van der Waals surface area contributed by atoms with E-state index >= 15 is 0 Å². The standard InChI is InChI=1S/C28H32N12O3.C2H6/c1-37(2)9-8-29-15-18-14-21(33-32-18)24-25-23(22(41)17-31-24)20(16-30-25)26(42)27(43)38-10-12-39(13-11-38)28-34-35-36-40(28)19-6-4-3-5-7-19;1-2/h3-7,14,16-17,29-30,41H,8-13,15H2,1-2H3,(H,32,33);1-2H3. The van der Waals surface area contributed by atoms with E-state index < -0.39 is 11.7 Å². The number of hydrogen-bond donors (Lipinski definition) is 4. The number of hydrogen-bond acceptors (Lipinski definition) is 11. The highest BCUT2D eigenvalue weighted by Crippen LogP contribution is 2.34. The van der Waals surface area contributed by atoms with Crippen molar-refractivity contribution < 1.29 is 14.7 Å². The number of rotatable bonds is 10. The predicted molar refractivity (Wildman–Crippen MR) is 169 cm³/mol. The summed E-state index contributed by atoms with van der Waals surface area (Å²) in [6.07, 6.45) is 2.71. The molecule has 5 heterocycles. The Labute approximate surface area is 260 Å². The van der Waals surface area contributed by atoms with Crippen LogP contribution in [-0.2, 0) is 11.3 Å². The van der Waals surface area contributed by atoms with Crippen molar-refractivity contribution in [2.75, 3.05) is 58.3 Å². The van der Waals surface area contributed by atoms with Crippen LogP contribution < -0.4 is 10.2 Å². The lowest BCUT2D eigenvalue weighted by Crippen LogP contribution is -2.51. The van der Waals surface area contributed by atoms with Crippen LogP contribution in [-0.4, -0.2) is 120 Å². The minimum absolute atomic E-state index is 0.0812. The summed E-state index contributed by atoms with van der Waals surface area (Å²) in [7, 11) is 4.03. The Bertz CT molecular complexity index is 1740. The summed E-state index contributed by atoms with van der Waals surface area (Å²) in [5.41, 5.74) is 3.21. The molecule has 1 aliphatic rings. The van der Waals surface area contributed by atoms with Gasteiger partial charge < -0.3 is 30.1 Å². The van der Waals surface area contributed by atoms with Crippen LogP contribution in [0.4, 0.5) is 5.95 Å². The van der Waals surface area contributed by atoms with Gasteiger partial charge in [0.05, 0.1) is 28.4 Å². The number of fused-ring (bicyclic) bond motifs is 1. The molecule has 6 rings (SSSR count). The van der Waals surface area contributed by atoms with Crippen molar-refractivity contribution in [3.8, 4) is 22.8 Å². The first-order valence-corrected chi connectivity index (χ1v) is 14.9. The second-order valence-electron chi connectivity index (χ2n) is 10.5. The van der Waals surface area contributed by atoms with Crippen LogP contribution in [0.15, 0.2) is 48.8 Å². The lowest BCUT2D eigenvalue weighted by Gasteiger charge is -2.34. The molecular weight excluding hydrogens is 576 g/mol. The fourth-order valence-corrected chi connectivity index (χ4v) is 5.09. The molecule has 1 amide bonds. The zero-order chi connectivity index (χ0) is 31.9. The molecule has 1 saturated heterocycles. The van der Waals surface area contributed by atoms with E-state index in [1.54, 1.807) is 4.68 Å². The average molecular weight is 615 g/mol. The van der Waals surface area contributed by atoms with Crippen molar-refractivity contribution in [3.05, 3.63) is 60.0 Å². The van der Waals surface area contributed by atoms with Gasteiger partial charge in [-0.2, -0.15) is 9.78 Å². The van der Waals surface area contributed by atoms with Crippen LogP contribution in [0.1, 0.15) is 29.9 Å². The molecule has 0 atom stereocenters. The smallest absolute Gasteiger partial charge is 0.295 e. The average Bonchev–Trinajstić information content (AvgIpc) is 3.85. The van der Waals surface area contributed by atoms with Crippen molar-refractivity contribution >= 4 is 28.5 Å².